The van der Waals surface area contributed by atoms with Crippen molar-refractivity contribution in [2.45, 2.75) is 24.8 Å². The van der Waals surface area contributed by atoms with Crippen LogP contribution in [0.5, 0.6) is 5.88 Å². The number of rotatable bonds is 6. The average molecular weight is 343 g/mol. The maximum atomic E-state index is 12.5. The molecule has 0 saturated heterocycles. The Labute approximate surface area is 150 Å². The summed E-state index contributed by atoms with van der Waals surface area (Å²) in [4.78, 5) is 24.7. The van der Waals surface area contributed by atoms with Gasteiger partial charge in [-0.05, 0) is 24.0 Å². The lowest BCUT2D eigenvalue weighted by Crippen LogP contribution is -2.18. The molecule has 0 radical (unpaired) electrons. The molecule has 1 saturated carbocycles. The molecule has 1 fully saturated rings. The Hall–Kier alpha value is -2.96. The molecule has 2 aromatic rings. The first-order valence-electron chi connectivity index (χ1n) is 9.24. The molecule has 0 aliphatic heterocycles. The molecule has 0 spiro atoms. The summed E-state index contributed by atoms with van der Waals surface area (Å²) < 4.78 is 30.7. The number of amidine groups is 1. The molecule has 25 heavy (non-hydrogen) atoms. The van der Waals surface area contributed by atoms with Crippen LogP contribution >= 0.6 is 0 Å². The summed E-state index contributed by atoms with van der Waals surface area (Å²) in [7, 11) is -1.15. The summed E-state index contributed by atoms with van der Waals surface area (Å²) >= 11 is 0. The summed E-state index contributed by atoms with van der Waals surface area (Å²) in [5.74, 6) is -0.405. The van der Waals surface area contributed by atoms with Crippen LogP contribution in [0.1, 0.15) is 38.6 Å². The van der Waals surface area contributed by atoms with Gasteiger partial charge in [0.1, 0.15) is 5.69 Å². The quantitative estimate of drug-likeness (QED) is 0.488. The number of nitrogens with two attached hydrogens (primary N) is 1. The number of aromatic nitrogens is 2. The summed E-state index contributed by atoms with van der Waals surface area (Å²) in [5.41, 5.74) is 7.23. The van der Waals surface area contributed by atoms with Crippen molar-refractivity contribution in [1.82, 2.24) is 9.97 Å². The van der Waals surface area contributed by atoms with Crippen LogP contribution < -0.4 is 10.5 Å². The van der Waals surface area contributed by atoms with E-state index in [9.17, 15) is 4.79 Å². The molecule has 1 aliphatic carbocycles. The fourth-order valence-corrected chi connectivity index (χ4v) is 2.60. The Morgan fingerprint density at radius 2 is 2.24 bits per heavy atom. The Kier molecular flexibility index (Phi) is 3.67. The van der Waals surface area contributed by atoms with Gasteiger partial charge in [0.05, 0.1) is 36.2 Å². The highest BCUT2D eigenvalue weighted by Gasteiger charge is 2.45. The van der Waals surface area contributed by atoms with Gasteiger partial charge in [-0.2, -0.15) is 0 Å². The lowest BCUT2D eigenvalue weighted by molar-refractivity contribution is 0.0987. The molecule has 7 heteroatoms. The predicted octanol–water partition coefficient (Wildman–Crippen LogP) is 1.86. The minimum atomic E-state index is -2.62. The maximum absolute atomic E-state index is 12.5. The number of carbonyl (C=O) groups is 1. The van der Waals surface area contributed by atoms with Crippen LogP contribution in [-0.4, -0.2) is 35.9 Å². The maximum Gasteiger partial charge on any atom is 0.282 e. The number of aliphatic imine (C=N–C) groups is 1. The van der Waals surface area contributed by atoms with E-state index in [4.69, 9.17) is 14.6 Å². The number of ether oxygens (including phenoxy) is 2. The molecular formula is C18H20N4O3. The van der Waals surface area contributed by atoms with Gasteiger partial charge in [-0.15, -0.1) is 0 Å². The molecule has 7 nitrogen and oxygen atoms in total. The largest absolute Gasteiger partial charge is 0.480 e. The van der Waals surface area contributed by atoms with Crippen LogP contribution in [0.3, 0.4) is 0 Å². The van der Waals surface area contributed by atoms with Crippen molar-refractivity contribution in [3.05, 3.63) is 53.5 Å². The molecule has 3 rings (SSSR count). The van der Waals surface area contributed by atoms with Crippen molar-refractivity contribution >= 4 is 11.8 Å². The Morgan fingerprint density at radius 3 is 2.88 bits per heavy atom. The molecule has 1 aromatic carbocycles. The van der Waals surface area contributed by atoms with E-state index in [1.54, 1.807) is 0 Å². The number of hydrogen-bond acceptors (Lipinski definition) is 6. The highest BCUT2D eigenvalue weighted by atomic mass is 16.5. The van der Waals surface area contributed by atoms with Gasteiger partial charge < -0.3 is 15.2 Å². The summed E-state index contributed by atoms with van der Waals surface area (Å²) in [5, 5.41) is 0. The monoisotopic (exact) mass is 343 g/mol. The fraction of sp³-hybridized carbons (Fsp3) is 0.333. The zero-order chi connectivity index (χ0) is 20.4. The van der Waals surface area contributed by atoms with Crippen molar-refractivity contribution in [2.24, 2.45) is 10.7 Å². The number of Topliss-reactive ketones (excluding diaryl/α,β-unsaturated/α-hetero) is 1. The van der Waals surface area contributed by atoms with Crippen LogP contribution in [0, 0.1) is 0 Å². The summed E-state index contributed by atoms with van der Waals surface area (Å²) in [6, 6.07) is 7.73. The van der Waals surface area contributed by atoms with Crippen molar-refractivity contribution in [3.63, 3.8) is 0 Å². The van der Waals surface area contributed by atoms with Gasteiger partial charge >= 0.3 is 0 Å². The summed E-state index contributed by atoms with van der Waals surface area (Å²) in [6.07, 6.45) is 4.19. The van der Waals surface area contributed by atoms with E-state index >= 15 is 0 Å². The van der Waals surface area contributed by atoms with Crippen molar-refractivity contribution in [1.29, 1.82) is 0 Å². The van der Waals surface area contributed by atoms with Gasteiger partial charge in [-0.25, -0.2) is 15.0 Å². The summed E-state index contributed by atoms with van der Waals surface area (Å²) in [6.45, 7) is 0. The van der Waals surface area contributed by atoms with Crippen LogP contribution in [0.2, 0.25) is 0 Å². The molecule has 0 unspecified atom stereocenters. The molecule has 0 amide bonds. The zero-order valence-corrected chi connectivity index (χ0v) is 13.7. The number of carbonyl (C=O) groups excluding carboxylic acids is 1. The van der Waals surface area contributed by atoms with Gasteiger partial charge in [0.2, 0.25) is 5.88 Å². The van der Waals surface area contributed by atoms with Gasteiger partial charge in [0, 0.05) is 6.42 Å². The van der Waals surface area contributed by atoms with Crippen LogP contribution in [0.25, 0.3) is 0 Å². The standard InChI is InChI=1S/C18H20N4O3/c1-24-16-11-20-14(10-21-16)15(23)9-12-4-3-5-13(8-12)18(6-7-18)22-17(19)25-2/h3-5,8,10-11H,6-7,9H2,1-2H3,(H2,19,22)/i1D3. The van der Waals surface area contributed by atoms with Crippen molar-refractivity contribution in [3.8, 4) is 5.88 Å². The predicted molar refractivity (Wildman–Crippen MR) is 92.6 cm³/mol. The fourth-order valence-electron chi connectivity index (χ4n) is 2.60. The first-order chi connectivity index (χ1) is 13.2. The third-order valence-electron chi connectivity index (χ3n) is 4.10. The molecular weight excluding hydrogens is 320 g/mol. The van der Waals surface area contributed by atoms with E-state index in [0.29, 0.717) is 0 Å². The molecule has 0 atom stereocenters. The first kappa shape index (κ1) is 13.3. The Bertz CT molecular complexity index is 894. The van der Waals surface area contributed by atoms with E-state index in [0.717, 1.165) is 30.2 Å². The SMILES string of the molecule is [2H]C([2H])([2H])Oc1cnc(C(=O)Cc2cccc(C3(N=C(N)OC)CC3)c2)cn1. The molecule has 1 heterocycles. The van der Waals surface area contributed by atoms with Crippen LogP contribution in [0.15, 0.2) is 41.7 Å². The number of benzene rings is 1. The minimum absolute atomic E-state index is 0.127. The van der Waals surface area contributed by atoms with E-state index < -0.39 is 7.04 Å². The zero-order valence-electron chi connectivity index (χ0n) is 16.7. The Balaban J connectivity index is 1.71. The number of methoxy groups -OCH3 is 2. The van der Waals surface area contributed by atoms with Crippen LogP contribution in [0.4, 0.5) is 0 Å². The second-order valence-corrected chi connectivity index (χ2v) is 5.83. The van der Waals surface area contributed by atoms with Crippen molar-refractivity contribution < 1.29 is 18.4 Å². The Morgan fingerprint density at radius 1 is 1.40 bits per heavy atom. The highest BCUT2D eigenvalue weighted by Crippen LogP contribution is 2.49. The number of hydrogen-bond donors (Lipinski definition) is 1. The van der Waals surface area contributed by atoms with Gasteiger partial charge in [-0.1, -0.05) is 24.3 Å². The van der Waals surface area contributed by atoms with E-state index in [1.165, 1.54) is 13.3 Å². The van der Waals surface area contributed by atoms with Gasteiger partial charge in [0.25, 0.3) is 6.02 Å². The highest BCUT2D eigenvalue weighted by molar-refractivity contribution is 5.95. The van der Waals surface area contributed by atoms with E-state index in [-0.39, 0.29) is 35.3 Å². The van der Waals surface area contributed by atoms with Crippen LogP contribution in [-0.2, 0) is 16.7 Å². The third kappa shape index (κ3) is 3.76. The lowest BCUT2D eigenvalue weighted by atomic mass is 9.99. The second kappa shape index (κ2) is 6.88. The first-order valence-corrected chi connectivity index (χ1v) is 7.74. The van der Waals surface area contributed by atoms with Gasteiger partial charge in [0.15, 0.2) is 5.78 Å². The smallest absolute Gasteiger partial charge is 0.282 e. The average Bonchev–Trinajstić information content (AvgIpc) is 3.42. The lowest BCUT2D eigenvalue weighted by Gasteiger charge is -2.13. The number of ketones is 1. The molecule has 130 valence electrons. The second-order valence-electron chi connectivity index (χ2n) is 5.83. The molecule has 1 aromatic heterocycles. The molecule has 2 N–H and O–H groups in total. The van der Waals surface area contributed by atoms with E-state index in [2.05, 4.69) is 19.7 Å². The minimum Gasteiger partial charge on any atom is -0.480 e. The van der Waals surface area contributed by atoms with Crippen molar-refractivity contribution in [2.75, 3.05) is 14.1 Å². The normalized spacial score (nSPS) is 17.8. The van der Waals surface area contributed by atoms with Gasteiger partial charge in [-0.3, -0.25) is 4.79 Å². The third-order valence-corrected chi connectivity index (χ3v) is 4.10. The number of nitrogens with zero attached hydrogens (tertiary/aromatic N) is 3. The molecule has 0 bridgehead atoms. The molecule has 1 aliphatic rings. The topological polar surface area (TPSA) is 99.7 Å². The van der Waals surface area contributed by atoms with E-state index in [1.807, 2.05) is 24.3 Å².